The second-order valence-corrected chi connectivity index (χ2v) is 5.42. The largest absolute Gasteiger partial charge is 0.388 e. The van der Waals surface area contributed by atoms with E-state index in [1.165, 1.54) is 19.3 Å². The van der Waals surface area contributed by atoms with Gasteiger partial charge in [0, 0.05) is 6.61 Å². The molecule has 2 rings (SSSR count). The molecule has 2 aliphatic heterocycles. The monoisotopic (exact) mass is 258 g/mol. The fourth-order valence-electron chi connectivity index (χ4n) is 2.90. The quantitative estimate of drug-likeness (QED) is 0.708. The summed E-state index contributed by atoms with van der Waals surface area (Å²) in [7, 11) is 0. The molecule has 106 valence electrons. The fraction of sp³-hybridized carbons (Fsp3) is 1.00. The highest BCUT2D eigenvalue weighted by atomic mass is 16.6. The molecule has 18 heavy (non-hydrogen) atoms. The van der Waals surface area contributed by atoms with Crippen molar-refractivity contribution in [2.75, 3.05) is 19.8 Å². The summed E-state index contributed by atoms with van der Waals surface area (Å²) >= 11 is 0. The second kappa shape index (κ2) is 6.33. The van der Waals surface area contributed by atoms with E-state index in [0.717, 1.165) is 19.4 Å². The number of rotatable bonds is 7. The van der Waals surface area contributed by atoms with Gasteiger partial charge in [0.1, 0.15) is 23.9 Å². The summed E-state index contributed by atoms with van der Waals surface area (Å²) in [5, 5.41) is 9.76. The first-order valence-corrected chi connectivity index (χ1v) is 7.28. The van der Waals surface area contributed by atoms with Crippen LogP contribution < -0.4 is 0 Å². The molecule has 0 aromatic rings. The van der Waals surface area contributed by atoms with E-state index in [2.05, 4.69) is 13.8 Å². The average molecular weight is 258 g/mol. The minimum Gasteiger partial charge on any atom is -0.388 e. The Labute approximate surface area is 110 Å². The first-order valence-electron chi connectivity index (χ1n) is 7.28. The molecule has 0 bridgehead atoms. The maximum atomic E-state index is 9.76. The van der Waals surface area contributed by atoms with Gasteiger partial charge < -0.3 is 19.3 Å². The van der Waals surface area contributed by atoms with Crippen LogP contribution in [0.2, 0.25) is 0 Å². The van der Waals surface area contributed by atoms with Crippen LogP contribution in [0.5, 0.6) is 0 Å². The van der Waals surface area contributed by atoms with Crippen molar-refractivity contribution in [1.29, 1.82) is 0 Å². The van der Waals surface area contributed by atoms with Gasteiger partial charge >= 0.3 is 0 Å². The van der Waals surface area contributed by atoms with Gasteiger partial charge in [0.15, 0.2) is 0 Å². The number of hydrogen-bond acceptors (Lipinski definition) is 4. The van der Waals surface area contributed by atoms with E-state index < -0.39 is 6.10 Å². The Kier molecular flexibility index (Phi) is 5.01. The first-order chi connectivity index (χ1) is 8.73. The van der Waals surface area contributed by atoms with Gasteiger partial charge in [-0.25, -0.2) is 0 Å². The summed E-state index contributed by atoms with van der Waals surface area (Å²) < 4.78 is 17.4. The molecule has 2 fully saturated rings. The van der Waals surface area contributed by atoms with E-state index in [1.54, 1.807) is 0 Å². The lowest BCUT2D eigenvalue weighted by Gasteiger charge is -2.31. The molecule has 4 heteroatoms. The van der Waals surface area contributed by atoms with Crippen molar-refractivity contribution in [3.05, 3.63) is 0 Å². The number of ether oxygens (including phenoxy) is 3. The summed E-state index contributed by atoms with van der Waals surface area (Å²) in [6, 6.07) is 0. The van der Waals surface area contributed by atoms with Gasteiger partial charge in [0.05, 0.1) is 13.2 Å². The predicted octanol–water partition coefficient (Wildman–Crippen LogP) is 1.89. The smallest absolute Gasteiger partial charge is 0.120 e. The number of fused-ring (bicyclic) bond motifs is 1. The van der Waals surface area contributed by atoms with E-state index in [-0.39, 0.29) is 17.8 Å². The molecule has 0 radical (unpaired) electrons. The third kappa shape index (κ3) is 2.72. The summed E-state index contributed by atoms with van der Waals surface area (Å²) in [6.07, 6.45) is 4.90. The molecule has 1 N–H and O–H groups in total. The zero-order valence-corrected chi connectivity index (χ0v) is 11.6. The van der Waals surface area contributed by atoms with Crippen LogP contribution in [-0.2, 0) is 14.2 Å². The lowest BCUT2D eigenvalue weighted by atomic mass is 9.93. The molecule has 0 aliphatic carbocycles. The van der Waals surface area contributed by atoms with Crippen LogP contribution in [0.25, 0.3) is 0 Å². The molecule has 0 aromatic heterocycles. The van der Waals surface area contributed by atoms with Crippen molar-refractivity contribution < 1.29 is 19.3 Å². The highest BCUT2D eigenvalue weighted by Crippen LogP contribution is 2.38. The van der Waals surface area contributed by atoms with Gasteiger partial charge in [-0.1, -0.05) is 33.1 Å². The van der Waals surface area contributed by atoms with Gasteiger partial charge in [0.2, 0.25) is 0 Å². The van der Waals surface area contributed by atoms with Crippen molar-refractivity contribution in [3.8, 4) is 0 Å². The van der Waals surface area contributed by atoms with Gasteiger partial charge in [0.25, 0.3) is 0 Å². The Morgan fingerprint density at radius 2 is 2.06 bits per heavy atom. The Hall–Kier alpha value is -0.160. The highest BCUT2D eigenvalue weighted by molar-refractivity contribution is 5.04. The standard InChI is InChI=1S/C14H26O4/c1-3-5-6-7-8-18-14(4-2)10-17-12-11(15)9-16-13(12)14/h11-13,15H,3-10H2,1-2H3/t11-,12-,13+,14+/m1/s1. The minimum absolute atomic E-state index is 0.0938. The van der Waals surface area contributed by atoms with Gasteiger partial charge in [-0.3, -0.25) is 0 Å². The number of aliphatic hydroxyl groups excluding tert-OH is 1. The average Bonchev–Trinajstić information content (AvgIpc) is 2.92. The molecule has 4 atom stereocenters. The molecule has 0 aromatic carbocycles. The van der Waals surface area contributed by atoms with Crippen LogP contribution in [0, 0.1) is 0 Å². The van der Waals surface area contributed by atoms with Gasteiger partial charge in [-0.05, 0) is 12.8 Å². The molecule has 0 amide bonds. The van der Waals surface area contributed by atoms with Crippen molar-refractivity contribution >= 4 is 0 Å². The fourth-order valence-corrected chi connectivity index (χ4v) is 2.90. The number of hydrogen-bond donors (Lipinski definition) is 1. The van der Waals surface area contributed by atoms with Crippen LogP contribution >= 0.6 is 0 Å². The normalized spacial score (nSPS) is 39.2. The summed E-state index contributed by atoms with van der Waals surface area (Å²) in [5.41, 5.74) is -0.339. The maximum Gasteiger partial charge on any atom is 0.120 e. The third-order valence-corrected chi connectivity index (χ3v) is 4.15. The van der Waals surface area contributed by atoms with Crippen molar-refractivity contribution in [3.63, 3.8) is 0 Å². The summed E-state index contributed by atoms with van der Waals surface area (Å²) in [4.78, 5) is 0. The van der Waals surface area contributed by atoms with Crippen LogP contribution in [0.3, 0.4) is 0 Å². The Balaban J connectivity index is 1.83. The second-order valence-electron chi connectivity index (χ2n) is 5.42. The Morgan fingerprint density at radius 3 is 2.78 bits per heavy atom. The predicted molar refractivity (Wildman–Crippen MR) is 68.6 cm³/mol. The van der Waals surface area contributed by atoms with Gasteiger partial charge in [-0.2, -0.15) is 0 Å². The molecular weight excluding hydrogens is 232 g/mol. The third-order valence-electron chi connectivity index (χ3n) is 4.15. The van der Waals surface area contributed by atoms with E-state index in [1.807, 2.05) is 0 Å². The topological polar surface area (TPSA) is 47.9 Å². The number of aliphatic hydroxyl groups is 1. The van der Waals surface area contributed by atoms with E-state index in [9.17, 15) is 5.11 Å². The van der Waals surface area contributed by atoms with E-state index >= 15 is 0 Å². The molecule has 2 saturated heterocycles. The van der Waals surface area contributed by atoms with Crippen molar-refractivity contribution in [1.82, 2.24) is 0 Å². The SMILES string of the molecule is CCCCCCO[C@@]1(CC)CO[C@@H]2[C@H](O)CO[C@@H]21. The zero-order valence-electron chi connectivity index (χ0n) is 11.6. The summed E-state index contributed by atoms with van der Waals surface area (Å²) in [6.45, 7) is 5.99. The van der Waals surface area contributed by atoms with Crippen LogP contribution in [0.15, 0.2) is 0 Å². The summed E-state index contributed by atoms with van der Waals surface area (Å²) in [5.74, 6) is 0. The Morgan fingerprint density at radius 1 is 1.22 bits per heavy atom. The maximum absolute atomic E-state index is 9.76. The van der Waals surface area contributed by atoms with Crippen LogP contribution in [0.4, 0.5) is 0 Å². The van der Waals surface area contributed by atoms with E-state index in [4.69, 9.17) is 14.2 Å². The minimum atomic E-state index is -0.493. The number of unbranched alkanes of at least 4 members (excludes halogenated alkanes) is 3. The molecule has 2 aliphatic rings. The lowest BCUT2D eigenvalue weighted by Crippen LogP contribution is -2.46. The van der Waals surface area contributed by atoms with Crippen LogP contribution in [-0.4, -0.2) is 48.8 Å². The van der Waals surface area contributed by atoms with Gasteiger partial charge in [-0.15, -0.1) is 0 Å². The first kappa shape index (κ1) is 14.3. The van der Waals surface area contributed by atoms with E-state index in [0.29, 0.717) is 13.2 Å². The molecule has 2 heterocycles. The zero-order chi connectivity index (χ0) is 13.0. The molecule has 4 nitrogen and oxygen atoms in total. The molecule has 0 unspecified atom stereocenters. The van der Waals surface area contributed by atoms with Crippen molar-refractivity contribution in [2.24, 2.45) is 0 Å². The molecule has 0 saturated carbocycles. The Bertz CT molecular complexity index is 258. The highest BCUT2D eigenvalue weighted by Gasteiger charge is 2.56. The lowest BCUT2D eigenvalue weighted by molar-refractivity contribution is -0.118. The van der Waals surface area contributed by atoms with Crippen molar-refractivity contribution in [2.45, 2.75) is 69.9 Å². The van der Waals surface area contributed by atoms with Crippen LogP contribution in [0.1, 0.15) is 46.0 Å². The molecule has 0 spiro atoms. The molecular formula is C14H26O4.